The summed E-state index contributed by atoms with van der Waals surface area (Å²) in [5.74, 6) is -0.509. The third-order valence-electron chi connectivity index (χ3n) is 3.05. The number of amides is 1. The van der Waals surface area contributed by atoms with Crippen molar-refractivity contribution in [2.45, 2.75) is 13.3 Å². The van der Waals surface area contributed by atoms with Crippen LogP contribution in [0, 0.1) is 12.7 Å². The number of carbonyl (C=O) groups is 1. The molecular formula is C16H16FNO. The Bertz CT molecular complexity index is 563. The van der Waals surface area contributed by atoms with Gasteiger partial charge in [0.2, 0.25) is 0 Å². The van der Waals surface area contributed by atoms with Crippen LogP contribution >= 0.6 is 0 Å². The summed E-state index contributed by atoms with van der Waals surface area (Å²) in [6, 6.07) is 13.6. The van der Waals surface area contributed by atoms with Crippen molar-refractivity contribution < 1.29 is 9.18 Å². The summed E-state index contributed by atoms with van der Waals surface area (Å²) in [6.07, 6.45) is 0.791. The highest BCUT2D eigenvalue weighted by atomic mass is 19.1. The fourth-order valence-electron chi connectivity index (χ4n) is 1.90. The molecule has 0 spiro atoms. The highest BCUT2D eigenvalue weighted by Gasteiger charge is 2.05. The predicted molar refractivity (Wildman–Crippen MR) is 73.6 cm³/mol. The van der Waals surface area contributed by atoms with Gasteiger partial charge in [-0.05, 0) is 48.7 Å². The quantitative estimate of drug-likeness (QED) is 0.896. The second-order valence-corrected chi connectivity index (χ2v) is 4.44. The van der Waals surface area contributed by atoms with Gasteiger partial charge in [0.15, 0.2) is 0 Å². The zero-order valence-corrected chi connectivity index (χ0v) is 10.8. The predicted octanol–water partition coefficient (Wildman–Crippen LogP) is 3.11. The van der Waals surface area contributed by atoms with Crippen molar-refractivity contribution in [1.29, 1.82) is 0 Å². The zero-order chi connectivity index (χ0) is 13.7. The summed E-state index contributed by atoms with van der Waals surface area (Å²) >= 11 is 0. The Labute approximate surface area is 112 Å². The second-order valence-electron chi connectivity index (χ2n) is 4.44. The fraction of sp³-hybridized carbons (Fsp3) is 0.188. The fourth-order valence-corrected chi connectivity index (χ4v) is 1.90. The van der Waals surface area contributed by atoms with Gasteiger partial charge in [-0.25, -0.2) is 4.39 Å². The van der Waals surface area contributed by atoms with Gasteiger partial charge in [-0.3, -0.25) is 4.79 Å². The van der Waals surface area contributed by atoms with Crippen molar-refractivity contribution in [1.82, 2.24) is 5.32 Å². The van der Waals surface area contributed by atoms with Gasteiger partial charge in [0.1, 0.15) is 5.82 Å². The maximum absolute atomic E-state index is 12.7. The molecule has 0 aliphatic rings. The lowest BCUT2D eigenvalue weighted by atomic mass is 10.1. The molecule has 0 fully saturated rings. The molecule has 3 heteroatoms. The maximum Gasteiger partial charge on any atom is 0.251 e. The molecule has 0 aromatic heterocycles. The molecule has 0 radical (unpaired) electrons. The summed E-state index contributed by atoms with van der Waals surface area (Å²) in [5, 5.41) is 2.83. The van der Waals surface area contributed by atoms with E-state index in [4.69, 9.17) is 0 Å². The molecule has 0 aliphatic heterocycles. The van der Waals surface area contributed by atoms with Crippen molar-refractivity contribution in [3.05, 3.63) is 71.0 Å². The third kappa shape index (κ3) is 3.65. The topological polar surface area (TPSA) is 29.1 Å². The van der Waals surface area contributed by atoms with Crippen LogP contribution in [-0.4, -0.2) is 12.5 Å². The smallest absolute Gasteiger partial charge is 0.251 e. The molecule has 2 nitrogen and oxygen atoms in total. The Kier molecular flexibility index (Phi) is 4.29. The minimum atomic E-state index is -0.337. The Morgan fingerprint density at radius 2 is 1.79 bits per heavy atom. The van der Waals surface area contributed by atoms with Crippen LogP contribution in [-0.2, 0) is 6.42 Å². The number of hydrogen-bond donors (Lipinski definition) is 1. The zero-order valence-electron chi connectivity index (χ0n) is 10.8. The molecule has 1 N–H and O–H groups in total. The summed E-state index contributed by atoms with van der Waals surface area (Å²) in [7, 11) is 0. The van der Waals surface area contributed by atoms with Crippen molar-refractivity contribution in [3.8, 4) is 0 Å². The standard InChI is InChI=1S/C16H16FNO/c1-12-4-2-3-5-13(12)10-11-18-16(19)14-6-8-15(17)9-7-14/h2-9H,10-11H2,1H3,(H,18,19). The molecule has 98 valence electrons. The minimum Gasteiger partial charge on any atom is -0.352 e. The first-order valence-electron chi connectivity index (χ1n) is 6.25. The van der Waals surface area contributed by atoms with Crippen LogP contribution in [0.4, 0.5) is 4.39 Å². The van der Waals surface area contributed by atoms with Crippen molar-refractivity contribution in [3.63, 3.8) is 0 Å². The summed E-state index contributed by atoms with van der Waals surface area (Å²) in [4.78, 5) is 11.8. The Morgan fingerprint density at radius 3 is 2.47 bits per heavy atom. The molecule has 0 bridgehead atoms. The number of hydrogen-bond acceptors (Lipinski definition) is 1. The number of rotatable bonds is 4. The van der Waals surface area contributed by atoms with Crippen LogP contribution in [0.1, 0.15) is 21.5 Å². The summed E-state index contributed by atoms with van der Waals surface area (Å²) < 4.78 is 12.7. The van der Waals surface area contributed by atoms with Gasteiger partial charge >= 0.3 is 0 Å². The van der Waals surface area contributed by atoms with Crippen molar-refractivity contribution in [2.24, 2.45) is 0 Å². The SMILES string of the molecule is Cc1ccccc1CCNC(=O)c1ccc(F)cc1. The Morgan fingerprint density at radius 1 is 1.11 bits per heavy atom. The van der Waals surface area contributed by atoms with Crippen molar-refractivity contribution >= 4 is 5.91 Å². The van der Waals surface area contributed by atoms with Crippen LogP contribution in [0.3, 0.4) is 0 Å². The average Bonchev–Trinajstić information content (AvgIpc) is 2.41. The molecule has 2 rings (SSSR count). The second kappa shape index (κ2) is 6.14. The van der Waals surface area contributed by atoms with Crippen molar-refractivity contribution in [2.75, 3.05) is 6.54 Å². The molecule has 19 heavy (non-hydrogen) atoms. The number of aryl methyl sites for hydroxylation is 1. The molecule has 1 amide bonds. The van der Waals surface area contributed by atoms with Gasteiger partial charge < -0.3 is 5.32 Å². The first kappa shape index (κ1) is 13.3. The van der Waals surface area contributed by atoms with Gasteiger partial charge in [0, 0.05) is 12.1 Å². The molecule has 0 saturated carbocycles. The van der Waals surface area contributed by atoms with Gasteiger partial charge in [-0.15, -0.1) is 0 Å². The van der Waals surface area contributed by atoms with Gasteiger partial charge in [-0.1, -0.05) is 24.3 Å². The lowest BCUT2D eigenvalue weighted by molar-refractivity contribution is 0.0954. The van der Waals surface area contributed by atoms with Gasteiger partial charge in [-0.2, -0.15) is 0 Å². The van der Waals surface area contributed by atoms with Crippen LogP contribution in [0.25, 0.3) is 0 Å². The number of nitrogens with one attached hydrogen (secondary N) is 1. The van der Waals surface area contributed by atoms with E-state index in [1.165, 1.54) is 35.4 Å². The summed E-state index contributed by atoms with van der Waals surface area (Å²) in [6.45, 7) is 2.62. The Balaban J connectivity index is 1.88. The van der Waals surface area contributed by atoms with E-state index in [1.54, 1.807) is 0 Å². The van der Waals surface area contributed by atoms with Crippen LogP contribution in [0.15, 0.2) is 48.5 Å². The molecule has 0 unspecified atom stereocenters. The largest absolute Gasteiger partial charge is 0.352 e. The van der Waals surface area contributed by atoms with E-state index in [-0.39, 0.29) is 11.7 Å². The van der Waals surface area contributed by atoms with Crippen LogP contribution in [0.5, 0.6) is 0 Å². The molecule has 2 aromatic rings. The van der Waals surface area contributed by atoms with Gasteiger partial charge in [0.25, 0.3) is 5.91 Å². The highest BCUT2D eigenvalue weighted by molar-refractivity contribution is 5.94. The summed E-state index contributed by atoms with van der Waals surface area (Å²) in [5.41, 5.74) is 2.92. The minimum absolute atomic E-state index is 0.173. The highest BCUT2D eigenvalue weighted by Crippen LogP contribution is 2.07. The van der Waals surface area contributed by atoms with E-state index in [2.05, 4.69) is 24.4 Å². The number of carbonyl (C=O) groups excluding carboxylic acids is 1. The van der Waals surface area contributed by atoms with E-state index in [0.717, 1.165) is 6.42 Å². The molecule has 2 aromatic carbocycles. The Hall–Kier alpha value is -2.16. The first-order valence-corrected chi connectivity index (χ1v) is 6.25. The average molecular weight is 257 g/mol. The normalized spacial score (nSPS) is 10.2. The molecular weight excluding hydrogens is 241 g/mol. The molecule has 0 aliphatic carbocycles. The van der Waals surface area contributed by atoms with E-state index >= 15 is 0 Å². The monoisotopic (exact) mass is 257 g/mol. The number of halogens is 1. The lowest BCUT2D eigenvalue weighted by Crippen LogP contribution is -2.25. The van der Waals surface area contributed by atoms with E-state index in [0.29, 0.717) is 12.1 Å². The lowest BCUT2D eigenvalue weighted by Gasteiger charge is -2.07. The molecule has 0 atom stereocenters. The van der Waals surface area contributed by atoms with E-state index in [1.807, 2.05) is 12.1 Å². The molecule has 0 saturated heterocycles. The number of benzene rings is 2. The molecule has 0 heterocycles. The first-order chi connectivity index (χ1) is 9.16. The van der Waals surface area contributed by atoms with Crippen LogP contribution in [0.2, 0.25) is 0 Å². The third-order valence-corrected chi connectivity index (χ3v) is 3.05. The van der Waals surface area contributed by atoms with Crippen LogP contribution < -0.4 is 5.32 Å². The van der Waals surface area contributed by atoms with E-state index in [9.17, 15) is 9.18 Å². The van der Waals surface area contributed by atoms with Gasteiger partial charge in [0.05, 0.1) is 0 Å². The maximum atomic E-state index is 12.7. The van der Waals surface area contributed by atoms with E-state index < -0.39 is 0 Å².